The smallest absolute Gasteiger partial charge is 0.243 e. The van der Waals surface area contributed by atoms with Gasteiger partial charge in [-0.05, 0) is 79.9 Å². The van der Waals surface area contributed by atoms with Crippen molar-refractivity contribution >= 4 is 45.0 Å². The van der Waals surface area contributed by atoms with E-state index in [1.165, 1.54) is 72.0 Å². The highest BCUT2D eigenvalue weighted by molar-refractivity contribution is 7.00. The van der Waals surface area contributed by atoms with Crippen molar-refractivity contribution in [2.24, 2.45) is 0 Å². The number of benzene rings is 7. The third-order valence-electron chi connectivity index (χ3n) is 10.8. The summed E-state index contributed by atoms with van der Waals surface area (Å²) in [6, 6.07) is 56.5. The van der Waals surface area contributed by atoms with E-state index in [1.54, 1.807) is 0 Å². The summed E-state index contributed by atoms with van der Waals surface area (Å²) in [7, 11) is 0. The Kier molecular flexibility index (Phi) is 4.40. The van der Waals surface area contributed by atoms with Crippen LogP contribution in [0.5, 0.6) is 0 Å². The molecule has 0 unspecified atom stereocenters. The molecule has 0 bridgehead atoms. The van der Waals surface area contributed by atoms with E-state index < -0.39 is 0 Å². The van der Waals surface area contributed by atoms with E-state index in [4.69, 9.17) is 4.42 Å². The standard InChI is InChI=1S/C43H25BO/c1-4-14-34-28(10-1)29-11-2-5-15-35(29)43(34)36-16-6-7-18-39(36)44-38-22-20-26(24-32(38)31-13-9-17-37(43)42(31)44)27-21-23-41-33(25-27)30-12-3-8-19-40(30)45-41/h1-25H. The van der Waals surface area contributed by atoms with Crippen molar-refractivity contribution in [2.45, 2.75) is 5.41 Å². The lowest BCUT2D eigenvalue weighted by atomic mass is 9.32. The lowest BCUT2D eigenvalue weighted by Crippen LogP contribution is -2.59. The summed E-state index contributed by atoms with van der Waals surface area (Å²) < 4.78 is 6.14. The first-order valence-corrected chi connectivity index (χ1v) is 15.8. The Morgan fingerprint density at radius 3 is 1.87 bits per heavy atom. The summed E-state index contributed by atoms with van der Waals surface area (Å²) in [6.45, 7) is 0.210. The lowest BCUT2D eigenvalue weighted by molar-refractivity contribution is 0.669. The molecule has 8 aromatic rings. The number of hydrogen-bond acceptors (Lipinski definition) is 1. The van der Waals surface area contributed by atoms with E-state index in [0.717, 1.165) is 21.9 Å². The number of para-hydroxylation sites is 1. The van der Waals surface area contributed by atoms with Crippen LogP contribution in [0.25, 0.3) is 55.3 Å². The summed E-state index contributed by atoms with van der Waals surface area (Å²) in [5, 5.41) is 2.33. The third-order valence-corrected chi connectivity index (χ3v) is 10.8. The fourth-order valence-electron chi connectivity index (χ4n) is 9.09. The van der Waals surface area contributed by atoms with Gasteiger partial charge in [0.15, 0.2) is 0 Å². The van der Waals surface area contributed by atoms with Gasteiger partial charge in [0, 0.05) is 10.8 Å². The molecule has 1 aliphatic carbocycles. The Balaban J connectivity index is 1.19. The second kappa shape index (κ2) is 8.31. The maximum Gasteiger partial charge on any atom is 0.243 e. The molecule has 2 heteroatoms. The Morgan fingerprint density at radius 1 is 0.400 bits per heavy atom. The largest absolute Gasteiger partial charge is 0.456 e. The summed E-state index contributed by atoms with van der Waals surface area (Å²) in [5.74, 6) is 0. The van der Waals surface area contributed by atoms with Crippen LogP contribution in [0.3, 0.4) is 0 Å². The van der Waals surface area contributed by atoms with Crippen LogP contribution in [0.4, 0.5) is 0 Å². The van der Waals surface area contributed by atoms with Crippen LogP contribution in [-0.4, -0.2) is 6.71 Å². The molecule has 11 rings (SSSR count). The first-order valence-electron chi connectivity index (χ1n) is 15.8. The summed E-state index contributed by atoms with van der Waals surface area (Å²) in [4.78, 5) is 0. The predicted molar refractivity (Wildman–Crippen MR) is 187 cm³/mol. The average Bonchev–Trinajstić information content (AvgIpc) is 3.74. The van der Waals surface area contributed by atoms with Crippen molar-refractivity contribution in [3.8, 4) is 33.4 Å². The minimum absolute atomic E-state index is 0.210. The summed E-state index contributed by atoms with van der Waals surface area (Å²) in [6.07, 6.45) is 0. The molecule has 1 spiro atoms. The zero-order valence-electron chi connectivity index (χ0n) is 24.4. The first-order chi connectivity index (χ1) is 22.3. The second-order valence-corrected chi connectivity index (χ2v) is 12.7. The van der Waals surface area contributed by atoms with Gasteiger partial charge in [0.1, 0.15) is 11.2 Å². The molecule has 3 aliphatic rings. The van der Waals surface area contributed by atoms with Crippen LogP contribution >= 0.6 is 0 Å². The van der Waals surface area contributed by atoms with E-state index in [0.29, 0.717) is 0 Å². The molecule has 3 heterocycles. The van der Waals surface area contributed by atoms with Crippen LogP contribution < -0.4 is 16.4 Å². The van der Waals surface area contributed by atoms with Crippen molar-refractivity contribution in [1.29, 1.82) is 0 Å². The van der Waals surface area contributed by atoms with Gasteiger partial charge in [0.2, 0.25) is 6.71 Å². The van der Waals surface area contributed by atoms with Crippen molar-refractivity contribution in [3.05, 3.63) is 174 Å². The highest BCUT2D eigenvalue weighted by atomic mass is 16.3. The number of hydrogen-bond donors (Lipinski definition) is 0. The minimum Gasteiger partial charge on any atom is -0.456 e. The first kappa shape index (κ1) is 23.8. The normalized spacial score (nSPS) is 14.4. The minimum atomic E-state index is -0.343. The summed E-state index contributed by atoms with van der Waals surface area (Å²) in [5.41, 5.74) is 19.3. The topological polar surface area (TPSA) is 13.1 Å². The van der Waals surface area contributed by atoms with Crippen LogP contribution in [0.2, 0.25) is 0 Å². The molecule has 1 aromatic heterocycles. The predicted octanol–water partition coefficient (Wildman–Crippen LogP) is 8.43. The third kappa shape index (κ3) is 2.82. The average molecular weight is 568 g/mol. The Hall–Kier alpha value is -5.60. The SMILES string of the molecule is c1ccc2c(c1)B1c3ccc(-c4ccc5oc6ccccc6c5c4)cc3-c3cccc(c31)C21c2ccccc2-c2ccccc21. The molecule has 0 saturated heterocycles. The maximum atomic E-state index is 6.14. The molecule has 45 heavy (non-hydrogen) atoms. The fourth-order valence-corrected chi connectivity index (χ4v) is 9.09. The molecule has 0 saturated carbocycles. The van der Waals surface area contributed by atoms with Gasteiger partial charge in [-0.15, -0.1) is 0 Å². The highest BCUT2D eigenvalue weighted by Gasteiger charge is 2.54. The van der Waals surface area contributed by atoms with Crippen molar-refractivity contribution in [1.82, 2.24) is 0 Å². The van der Waals surface area contributed by atoms with Crippen molar-refractivity contribution in [2.75, 3.05) is 0 Å². The van der Waals surface area contributed by atoms with E-state index in [-0.39, 0.29) is 12.1 Å². The number of furan rings is 1. The molecular formula is C43H25BO. The van der Waals surface area contributed by atoms with E-state index >= 15 is 0 Å². The van der Waals surface area contributed by atoms with Gasteiger partial charge in [-0.1, -0.05) is 144 Å². The van der Waals surface area contributed by atoms with Gasteiger partial charge in [0.05, 0.1) is 5.41 Å². The van der Waals surface area contributed by atoms with Gasteiger partial charge in [-0.3, -0.25) is 0 Å². The summed E-state index contributed by atoms with van der Waals surface area (Å²) >= 11 is 0. The van der Waals surface area contributed by atoms with Crippen LogP contribution in [0.15, 0.2) is 156 Å². The Labute approximate surface area is 261 Å². The van der Waals surface area contributed by atoms with Crippen LogP contribution in [0.1, 0.15) is 22.3 Å². The van der Waals surface area contributed by atoms with Crippen LogP contribution in [0, 0.1) is 0 Å². The molecule has 7 aromatic carbocycles. The zero-order chi connectivity index (χ0) is 29.3. The maximum absolute atomic E-state index is 6.14. The lowest BCUT2D eigenvalue weighted by Gasteiger charge is -2.42. The van der Waals surface area contributed by atoms with E-state index in [1.807, 2.05) is 12.1 Å². The second-order valence-electron chi connectivity index (χ2n) is 12.7. The fraction of sp³-hybridized carbons (Fsp3) is 0.0233. The van der Waals surface area contributed by atoms with Gasteiger partial charge in [-0.2, -0.15) is 0 Å². The van der Waals surface area contributed by atoms with E-state index in [9.17, 15) is 0 Å². The Bertz CT molecular complexity index is 2520. The number of fused-ring (bicyclic) bond motifs is 15. The van der Waals surface area contributed by atoms with E-state index in [2.05, 4.69) is 140 Å². The molecule has 0 fully saturated rings. The molecule has 0 N–H and O–H groups in total. The van der Waals surface area contributed by atoms with Crippen molar-refractivity contribution < 1.29 is 4.42 Å². The molecule has 0 radical (unpaired) electrons. The van der Waals surface area contributed by atoms with Gasteiger partial charge >= 0.3 is 0 Å². The van der Waals surface area contributed by atoms with Crippen LogP contribution in [-0.2, 0) is 5.41 Å². The monoisotopic (exact) mass is 568 g/mol. The molecule has 0 atom stereocenters. The molecular weight excluding hydrogens is 543 g/mol. The molecule has 206 valence electrons. The van der Waals surface area contributed by atoms with Gasteiger partial charge in [-0.25, -0.2) is 0 Å². The van der Waals surface area contributed by atoms with Gasteiger partial charge < -0.3 is 4.42 Å². The molecule has 1 nitrogen and oxygen atoms in total. The zero-order valence-corrected chi connectivity index (χ0v) is 24.4. The molecule has 0 amide bonds. The highest BCUT2D eigenvalue weighted by Crippen LogP contribution is 2.57. The van der Waals surface area contributed by atoms with Gasteiger partial charge in [0.25, 0.3) is 0 Å². The Morgan fingerprint density at radius 2 is 1.02 bits per heavy atom. The van der Waals surface area contributed by atoms with Crippen molar-refractivity contribution in [3.63, 3.8) is 0 Å². The molecule has 2 aliphatic heterocycles. The quantitative estimate of drug-likeness (QED) is 0.181. The number of rotatable bonds is 1.